The lowest BCUT2D eigenvalue weighted by Gasteiger charge is -2.44. The molecule has 0 unspecified atom stereocenters. The summed E-state index contributed by atoms with van der Waals surface area (Å²) in [5.74, 6) is 0.987. The molecule has 0 amide bonds. The minimum Gasteiger partial charge on any atom is -0.306 e. The summed E-state index contributed by atoms with van der Waals surface area (Å²) in [6.45, 7) is 2.69. The van der Waals surface area contributed by atoms with Crippen LogP contribution in [0.4, 0.5) is 0 Å². The fourth-order valence-electron chi connectivity index (χ4n) is 2.77. The van der Waals surface area contributed by atoms with E-state index >= 15 is 0 Å². The molecule has 1 saturated carbocycles. The van der Waals surface area contributed by atoms with Crippen molar-refractivity contribution in [3.05, 3.63) is 0 Å². The fraction of sp³-hybridized carbons (Fsp3) is 1.00. The van der Waals surface area contributed by atoms with E-state index in [2.05, 4.69) is 27.9 Å². The van der Waals surface area contributed by atoms with Crippen LogP contribution in [0.5, 0.6) is 0 Å². The second-order valence-electron chi connectivity index (χ2n) is 4.42. The van der Waals surface area contributed by atoms with E-state index < -0.39 is 0 Å². The van der Waals surface area contributed by atoms with Gasteiger partial charge in [-0.05, 0) is 44.2 Å². The van der Waals surface area contributed by atoms with Crippen LogP contribution in [0.1, 0.15) is 19.3 Å². The molecule has 1 spiro atoms. The molecule has 0 atom stereocenters. The second kappa shape index (κ2) is 2.74. The predicted molar refractivity (Wildman–Crippen MR) is 51.1 cm³/mol. The molecule has 64 valence electrons. The van der Waals surface area contributed by atoms with Crippen LogP contribution in [-0.4, -0.2) is 30.4 Å². The first kappa shape index (κ1) is 8.06. The zero-order valence-electron chi connectivity index (χ0n) is 7.15. The zero-order valence-corrected chi connectivity index (χ0v) is 8.73. The molecule has 2 aliphatic rings. The van der Waals surface area contributed by atoms with Crippen molar-refractivity contribution in [2.24, 2.45) is 11.3 Å². The van der Waals surface area contributed by atoms with E-state index in [9.17, 15) is 0 Å². The van der Waals surface area contributed by atoms with Crippen molar-refractivity contribution in [2.75, 3.05) is 25.5 Å². The van der Waals surface area contributed by atoms with Gasteiger partial charge in [0.1, 0.15) is 0 Å². The van der Waals surface area contributed by atoms with Crippen LogP contribution >= 0.6 is 15.9 Å². The first-order valence-corrected chi connectivity index (χ1v) is 5.61. The van der Waals surface area contributed by atoms with Crippen LogP contribution in [0.2, 0.25) is 0 Å². The van der Waals surface area contributed by atoms with Gasteiger partial charge in [0.2, 0.25) is 0 Å². The van der Waals surface area contributed by atoms with E-state index in [-0.39, 0.29) is 0 Å². The molecular weight excluding hydrogens is 202 g/mol. The molecule has 11 heavy (non-hydrogen) atoms. The molecule has 2 fully saturated rings. The number of hydrogen-bond acceptors (Lipinski definition) is 1. The number of hydrogen-bond donors (Lipinski definition) is 0. The topological polar surface area (TPSA) is 3.24 Å². The van der Waals surface area contributed by atoms with E-state index in [1.165, 1.54) is 37.7 Å². The predicted octanol–water partition coefficient (Wildman–Crippen LogP) is 2.11. The highest BCUT2D eigenvalue weighted by Gasteiger charge is 2.46. The molecule has 1 aliphatic carbocycles. The van der Waals surface area contributed by atoms with Gasteiger partial charge in [-0.1, -0.05) is 15.9 Å². The quantitative estimate of drug-likeness (QED) is 0.609. The van der Waals surface area contributed by atoms with Crippen LogP contribution in [0.3, 0.4) is 0 Å². The lowest BCUT2D eigenvalue weighted by atomic mass is 9.62. The maximum atomic E-state index is 3.56. The van der Waals surface area contributed by atoms with Gasteiger partial charge < -0.3 is 4.90 Å². The first-order chi connectivity index (χ1) is 5.24. The Balaban J connectivity index is 1.87. The molecule has 0 aromatic carbocycles. The third-order valence-electron chi connectivity index (χ3n) is 3.29. The van der Waals surface area contributed by atoms with Gasteiger partial charge in [0.05, 0.1) is 0 Å². The van der Waals surface area contributed by atoms with Crippen LogP contribution in [0.25, 0.3) is 0 Å². The van der Waals surface area contributed by atoms with E-state index in [1.807, 2.05) is 0 Å². The molecular formula is C9H16BrN. The van der Waals surface area contributed by atoms with Crippen molar-refractivity contribution < 1.29 is 0 Å². The first-order valence-electron chi connectivity index (χ1n) is 4.49. The molecule has 1 aliphatic heterocycles. The van der Waals surface area contributed by atoms with Crippen LogP contribution in [0, 0.1) is 11.3 Å². The molecule has 0 N–H and O–H groups in total. The largest absolute Gasteiger partial charge is 0.306 e. The van der Waals surface area contributed by atoms with Crippen LogP contribution in [0.15, 0.2) is 0 Å². The van der Waals surface area contributed by atoms with Crippen LogP contribution in [-0.2, 0) is 0 Å². The number of likely N-dealkylation sites (tertiary alicyclic amines) is 1. The monoisotopic (exact) mass is 217 g/mol. The van der Waals surface area contributed by atoms with Crippen molar-refractivity contribution in [3.8, 4) is 0 Å². The smallest absolute Gasteiger partial charge is 0.00601 e. The standard InChI is InChI=1S/C9H16BrN/c1-11-3-2-9(7-11)4-8(5-9)6-10/h8H,2-7H2,1H3. The summed E-state index contributed by atoms with van der Waals surface area (Å²) in [6, 6.07) is 0. The SMILES string of the molecule is CN1CCC2(CC(CBr)C2)C1. The van der Waals surface area contributed by atoms with Gasteiger partial charge in [-0.2, -0.15) is 0 Å². The van der Waals surface area contributed by atoms with Crippen molar-refractivity contribution in [3.63, 3.8) is 0 Å². The van der Waals surface area contributed by atoms with Crippen molar-refractivity contribution >= 4 is 15.9 Å². The Labute approximate surface area is 77.3 Å². The van der Waals surface area contributed by atoms with E-state index in [4.69, 9.17) is 0 Å². The summed E-state index contributed by atoms with van der Waals surface area (Å²) in [5, 5.41) is 1.22. The molecule has 1 nitrogen and oxygen atoms in total. The third-order valence-corrected chi connectivity index (χ3v) is 4.21. The Bertz CT molecular complexity index is 152. The highest BCUT2D eigenvalue weighted by Crippen LogP contribution is 2.51. The average Bonchev–Trinajstić information content (AvgIpc) is 2.28. The van der Waals surface area contributed by atoms with Gasteiger partial charge in [0.15, 0.2) is 0 Å². The van der Waals surface area contributed by atoms with Gasteiger partial charge in [0.25, 0.3) is 0 Å². The Morgan fingerprint density at radius 2 is 2.27 bits per heavy atom. The number of nitrogens with zero attached hydrogens (tertiary/aromatic N) is 1. The summed E-state index contributed by atoms with van der Waals surface area (Å²) < 4.78 is 0. The van der Waals surface area contributed by atoms with E-state index in [0.717, 1.165) is 11.3 Å². The maximum absolute atomic E-state index is 3.56. The molecule has 0 bridgehead atoms. The number of alkyl halides is 1. The Morgan fingerprint density at radius 1 is 1.55 bits per heavy atom. The summed E-state index contributed by atoms with van der Waals surface area (Å²) in [7, 11) is 2.25. The minimum absolute atomic E-state index is 0.757. The molecule has 0 radical (unpaired) electrons. The Hall–Kier alpha value is 0.440. The summed E-state index contributed by atoms with van der Waals surface area (Å²) in [6.07, 6.45) is 4.40. The Kier molecular flexibility index (Phi) is 2.00. The maximum Gasteiger partial charge on any atom is 0.00601 e. The molecule has 1 heterocycles. The van der Waals surface area contributed by atoms with Crippen molar-refractivity contribution in [1.29, 1.82) is 0 Å². The third kappa shape index (κ3) is 1.35. The fourth-order valence-corrected chi connectivity index (χ4v) is 3.22. The Morgan fingerprint density at radius 3 is 2.73 bits per heavy atom. The molecule has 0 aromatic rings. The highest BCUT2D eigenvalue weighted by atomic mass is 79.9. The molecule has 2 rings (SSSR count). The normalized spacial score (nSPS) is 44.7. The van der Waals surface area contributed by atoms with Crippen molar-refractivity contribution in [2.45, 2.75) is 19.3 Å². The summed E-state index contributed by atoms with van der Waals surface area (Å²) in [4.78, 5) is 2.48. The summed E-state index contributed by atoms with van der Waals surface area (Å²) in [5.41, 5.74) is 0.757. The lowest BCUT2D eigenvalue weighted by Crippen LogP contribution is -2.39. The number of rotatable bonds is 1. The van der Waals surface area contributed by atoms with Gasteiger partial charge in [-0.3, -0.25) is 0 Å². The highest BCUT2D eigenvalue weighted by molar-refractivity contribution is 9.09. The number of halogens is 1. The zero-order chi connectivity index (χ0) is 7.90. The van der Waals surface area contributed by atoms with Crippen LogP contribution < -0.4 is 0 Å². The molecule has 1 saturated heterocycles. The molecule has 0 aromatic heterocycles. The average molecular weight is 218 g/mol. The van der Waals surface area contributed by atoms with Gasteiger partial charge in [-0.25, -0.2) is 0 Å². The van der Waals surface area contributed by atoms with Gasteiger partial charge >= 0.3 is 0 Å². The van der Waals surface area contributed by atoms with Gasteiger partial charge in [0, 0.05) is 11.9 Å². The summed E-state index contributed by atoms with van der Waals surface area (Å²) >= 11 is 3.56. The van der Waals surface area contributed by atoms with E-state index in [0.29, 0.717) is 0 Å². The molecule has 2 heteroatoms. The lowest BCUT2D eigenvalue weighted by molar-refractivity contribution is 0.0820. The second-order valence-corrected chi connectivity index (χ2v) is 5.06. The van der Waals surface area contributed by atoms with Gasteiger partial charge in [-0.15, -0.1) is 0 Å². The minimum atomic E-state index is 0.757. The van der Waals surface area contributed by atoms with E-state index in [1.54, 1.807) is 0 Å². The van der Waals surface area contributed by atoms with Crippen molar-refractivity contribution in [1.82, 2.24) is 4.90 Å².